The minimum atomic E-state index is 0.212. The Morgan fingerprint density at radius 2 is 2.37 bits per heavy atom. The molecule has 2 rings (SSSR count). The summed E-state index contributed by atoms with van der Waals surface area (Å²) in [6.45, 7) is 9.34. The van der Waals surface area contributed by atoms with E-state index in [4.69, 9.17) is 4.74 Å². The number of hydrogen-bond acceptors (Lipinski definition) is 4. The molecule has 5 nitrogen and oxygen atoms in total. The summed E-state index contributed by atoms with van der Waals surface area (Å²) < 4.78 is 7.85. The van der Waals surface area contributed by atoms with Crippen LogP contribution in [-0.4, -0.2) is 53.6 Å². The minimum absolute atomic E-state index is 0.212. The highest BCUT2D eigenvalue weighted by atomic mass is 16.5. The molecule has 1 saturated heterocycles. The van der Waals surface area contributed by atoms with Gasteiger partial charge in [-0.3, -0.25) is 9.58 Å². The van der Waals surface area contributed by atoms with Crippen molar-refractivity contribution in [2.24, 2.45) is 7.05 Å². The van der Waals surface area contributed by atoms with Crippen LogP contribution in [0.15, 0.2) is 12.4 Å². The topological polar surface area (TPSA) is 42.3 Å². The third kappa shape index (κ3) is 3.78. The molecule has 0 bridgehead atoms. The lowest BCUT2D eigenvalue weighted by Crippen LogP contribution is -2.48. The third-order valence-corrected chi connectivity index (χ3v) is 3.60. The Kier molecular flexibility index (Phi) is 5.36. The fourth-order valence-electron chi connectivity index (χ4n) is 2.74. The zero-order valence-corrected chi connectivity index (χ0v) is 12.3. The molecule has 1 aliphatic heterocycles. The van der Waals surface area contributed by atoms with Gasteiger partial charge in [-0.1, -0.05) is 13.8 Å². The Morgan fingerprint density at radius 1 is 1.53 bits per heavy atom. The molecule has 2 atom stereocenters. The smallest absolute Gasteiger partial charge is 0.0898 e. The second kappa shape index (κ2) is 7.03. The third-order valence-electron chi connectivity index (χ3n) is 3.60. The van der Waals surface area contributed by atoms with E-state index in [1.165, 1.54) is 12.0 Å². The van der Waals surface area contributed by atoms with Crippen LogP contribution in [0.3, 0.4) is 0 Å². The molecule has 0 aliphatic carbocycles. The van der Waals surface area contributed by atoms with Gasteiger partial charge >= 0.3 is 0 Å². The number of aromatic nitrogens is 2. The summed E-state index contributed by atoms with van der Waals surface area (Å²) in [6.07, 6.45) is 5.43. The molecule has 0 radical (unpaired) electrons. The van der Waals surface area contributed by atoms with Gasteiger partial charge in [-0.25, -0.2) is 0 Å². The van der Waals surface area contributed by atoms with Crippen molar-refractivity contribution >= 4 is 0 Å². The van der Waals surface area contributed by atoms with Gasteiger partial charge in [0.1, 0.15) is 0 Å². The van der Waals surface area contributed by atoms with E-state index in [0.29, 0.717) is 0 Å². The highest BCUT2D eigenvalue weighted by molar-refractivity contribution is 5.13. The van der Waals surface area contributed by atoms with E-state index in [1.54, 1.807) is 0 Å². The van der Waals surface area contributed by atoms with Gasteiger partial charge in [-0.15, -0.1) is 0 Å². The van der Waals surface area contributed by atoms with Crippen LogP contribution in [0.5, 0.6) is 0 Å². The molecule has 1 aromatic rings. The highest BCUT2D eigenvalue weighted by Crippen LogP contribution is 2.22. The number of nitrogens with one attached hydrogen (secondary N) is 1. The first-order valence-electron chi connectivity index (χ1n) is 7.30. The van der Waals surface area contributed by atoms with E-state index in [2.05, 4.69) is 35.4 Å². The van der Waals surface area contributed by atoms with Gasteiger partial charge in [0.15, 0.2) is 0 Å². The van der Waals surface area contributed by atoms with E-state index in [0.717, 1.165) is 32.8 Å². The first kappa shape index (κ1) is 14.5. The van der Waals surface area contributed by atoms with Crippen molar-refractivity contribution in [2.45, 2.75) is 32.4 Å². The van der Waals surface area contributed by atoms with Gasteiger partial charge < -0.3 is 10.1 Å². The van der Waals surface area contributed by atoms with Crippen LogP contribution in [0.4, 0.5) is 0 Å². The quantitative estimate of drug-likeness (QED) is 0.839. The Morgan fingerprint density at radius 3 is 3.00 bits per heavy atom. The van der Waals surface area contributed by atoms with Crippen molar-refractivity contribution in [3.63, 3.8) is 0 Å². The number of likely N-dealkylation sites (N-methyl/N-ethyl adjacent to an activating group) is 1. The summed E-state index contributed by atoms with van der Waals surface area (Å²) in [5, 5.41) is 7.82. The molecule has 0 aromatic carbocycles. The number of hydrogen-bond donors (Lipinski definition) is 1. The largest absolute Gasteiger partial charge is 0.374 e. The van der Waals surface area contributed by atoms with E-state index >= 15 is 0 Å². The predicted molar refractivity (Wildman–Crippen MR) is 76.1 cm³/mol. The second-order valence-corrected chi connectivity index (χ2v) is 5.19. The zero-order chi connectivity index (χ0) is 13.7. The van der Waals surface area contributed by atoms with Crippen LogP contribution in [0.2, 0.25) is 0 Å². The Labute approximate surface area is 115 Å². The molecule has 2 unspecified atom stereocenters. The SMILES string of the molecule is CCCN1CCOC(C(NCC)c2cnn(C)c2)C1. The fraction of sp³-hybridized carbons (Fsp3) is 0.786. The average Bonchev–Trinajstić information content (AvgIpc) is 2.83. The van der Waals surface area contributed by atoms with Crippen LogP contribution < -0.4 is 5.32 Å². The van der Waals surface area contributed by atoms with Crippen LogP contribution in [0, 0.1) is 0 Å². The summed E-state index contributed by atoms with van der Waals surface area (Å²) in [7, 11) is 1.96. The van der Waals surface area contributed by atoms with E-state index in [9.17, 15) is 0 Å². The molecule has 108 valence electrons. The number of rotatable bonds is 6. The Hall–Kier alpha value is -0.910. The van der Waals surface area contributed by atoms with Crippen molar-refractivity contribution < 1.29 is 4.74 Å². The molecule has 1 aromatic heterocycles. The van der Waals surface area contributed by atoms with E-state index < -0.39 is 0 Å². The molecule has 0 amide bonds. The molecule has 5 heteroatoms. The van der Waals surface area contributed by atoms with Gasteiger partial charge in [-0.05, 0) is 19.5 Å². The normalized spacial score (nSPS) is 22.6. The zero-order valence-electron chi connectivity index (χ0n) is 12.3. The molecule has 1 aliphatic rings. The molecule has 0 spiro atoms. The standard InChI is InChI=1S/C14H26N4O/c1-4-6-18-7-8-19-13(11-18)14(15-5-2)12-9-16-17(3)10-12/h9-10,13-15H,4-8,11H2,1-3H3. The lowest BCUT2D eigenvalue weighted by molar-refractivity contribution is -0.0468. The summed E-state index contributed by atoms with van der Waals surface area (Å²) in [5.74, 6) is 0. The lowest BCUT2D eigenvalue weighted by Gasteiger charge is -2.37. The number of nitrogens with zero attached hydrogens (tertiary/aromatic N) is 3. The first-order valence-corrected chi connectivity index (χ1v) is 7.30. The molecule has 0 saturated carbocycles. The van der Waals surface area contributed by atoms with Crippen molar-refractivity contribution in [3.8, 4) is 0 Å². The maximum absolute atomic E-state index is 5.99. The van der Waals surface area contributed by atoms with E-state index in [-0.39, 0.29) is 12.1 Å². The Bertz CT molecular complexity index is 377. The summed E-state index contributed by atoms with van der Waals surface area (Å²) in [5.41, 5.74) is 1.22. The second-order valence-electron chi connectivity index (χ2n) is 5.19. The maximum Gasteiger partial charge on any atom is 0.0898 e. The van der Waals surface area contributed by atoms with Crippen molar-refractivity contribution in [1.82, 2.24) is 20.0 Å². The van der Waals surface area contributed by atoms with Crippen LogP contribution >= 0.6 is 0 Å². The number of morpholine rings is 1. The number of aryl methyl sites for hydroxylation is 1. The van der Waals surface area contributed by atoms with Gasteiger partial charge in [-0.2, -0.15) is 5.10 Å². The van der Waals surface area contributed by atoms with Crippen molar-refractivity contribution in [3.05, 3.63) is 18.0 Å². The minimum Gasteiger partial charge on any atom is -0.374 e. The van der Waals surface area contributed by atoms with Crippen LogP contribution in [-0.2, 0) is 11.8 Å². The van der Waals surface area contributed by atoms with Crippen molar-refractivity contribution in [1.29, 1.82) is 0 Å². The predicted octanol–water partition coefficient (Wildman–Crippen LogP) is 1.18. The molecule has 2 heterocycles. The van der Waals surface area contributed by atoms with Gasteiger partial charge in [0, 0.05) is 31.9 Å². The fourth-order valence-corrected chi connectivity index (χ4v) is 2.74. The summed E-state index contributed by atoms with van der Waals surface area (Å²) in [6, 6.07) is 0.235. The van der Waals surface area contributed by atoms with Gasteiger partial charge in [0.2, 0.25) is 0 Å². The lowest BCUT2D eigenvalue weighted by atomic mass is 10.0. The van der Waals surface area contributed by atoms with Gasteiger partial charge in [0.05, 0.1) is 24.9 Å². The van der Waals surface area contributed by atoms with E-state index in [1.807, 2.05) is 17.9 Å². The molecule has 19 heavy (non-hydrogen) atoms. The molecule has 1 fully saturated rings. The molecular weight excluding hydrogens is 240 g/mol. The number of ether oxygens (including phenoxy) is 1. The van der Waals surface area contributed by atoms with Crippen LogP contribution in [0.1, 0.15) is 31.9 Å². The maximum atomic E-state index is 5.99. The highest BCUT2D eigenvalue weighted by Gasteiger charge is 2.29. The monoisotopic (exact) mass is 266 g/mol. The van der Waals surface area contributed by atoms with Crippen LogP contribution in [0.25, 0.3) is 0 Å². The molecule has 1 N–H and O–H groups in total. The molecular formula is C14H26N4O. The average molecular weight is 266 g/mol. The Balaban J connectivity index is 2.05. The summed E-state index contributed by atoms with van der Waals surface area (Å²) >= 11 is 0. The first-order chi connectivity index (χ1) is 9.24. The van der Waals surface area contributed by atoms with Crippen molar-refractivity contribution in [2.75, 3.05) is 32.8 Å². The van der Waals surface area contributed by atoms with Gasteiger partial charge in [0.25, 0.3) is 0 Å². The summed E-state index contributed by atoms with van der Waals surface area (Å²) in [4.78, 5) is 2.49.